The number of likely N-dealkylation sites (tertiary alicyclic amines) is 1. The van der Waals surface area contributed by atoms with Gasteiger partial charge in [-0.2, -0.15) is 0 Å². The number of alkyl carbamates (subject to hydrolysis) is 1. The van der Waals surface area contributed by atoms with Crippen LogP contribution in [0.1, 0.15) is 94.9 Å². The van der Waals surface area contributed by atoms with Crippen LogP contribution < -0.4 is 10.1 Å². The summed E-state index contributed by atoms with van der Waals surface area (Å²) in [5, 5.41) is 39.3. The van der Waals surface area contributed by atoms with Crippen molar-refractivity contribution in [1.82, 2.24) is 20.1 Å². The summed E-state index contributed by atoms with van der Waals surface area (Å²) in [7, 11) is 0. The molecule has 59 heavy (non-hydrogen) atoms. The first-order valence-corrected chi connectivity index (χ1v) is 20.3. The number of hydrogen-bond acceptors (Lipinski definition) is 11. The topological polar surface area (TPSA) is 192 Å². The number of piperidine rings is 1. The number of carbonyl (C=O) groups is 2. The van der Waals surface area contributed by atoms with Crippen molar-refractivity contribution in [3.63, 3.8) is 0 Å². The highest BCUT2D eigenvalue weighted by atomic mass is 16.6. The fraction of sp³-hybridized carbons (Fsp3) is 0.477. The van der Waals surface area contributed by atoms with Crippen molar-refractivity contribution in [2.45, 2.75) is 115 Å². The van der Waals surface area contributed by atoms with Crippen molar-refractivity contribution in [2.75, 3.05) is 13.1 Å². The molecule has 2 bridgehead atoms. The number of nitro benzene ring substituents is 1. The van der Waals surface area contributed by atoms with Gasteiger partial charge >= 0.3 is 12.2 Å². The number of aliphatic hydroxyl groups is 1. The van der Waals surface area contributed by atoms with Crippen LogP contribution in [0.5, 0.6) is 11.5 Å². The molecule has 1 spiro atoms. The number of phenolic OH excluding ortho intramolecular Hbond substituents is 1. The van der Waals surface area contributed by atoms with E-state index in [2.05, 4.69) is 15.2 Å². The Labute approximate surface area is 341 Å². The summed E-state index contributed by atoms with van der Waals surface area (Å²) >= 11 is 0. The number of fused-ring (bicyclic) bond motifs is 4. The zero-order valence-electron chi connectivity index (χ0n) is 34.1. The summed E-state index contributed by atoms with van der Waals surface area (Å²) in [5.41, 5.74) is 1.55. The van der Waals surface area contributed by atoms with E-state index in [0.29, 0.717) is 42.2 Å². The quantitative estimate of drug-likeness (QED) is 0.0659. The van der Waals surface area contributed by atoms with E-state index in [4.69, 9.17) is 19.2 Å². The molecule has 3 aliphatic carbocycles. The number of aromatic nitrogens is 1. The second-order valence-corrected chi connectivity index (χ2v) is 18.7. The highest BCUT2D eigenvalue weighted by Crippen LogP contribution is 2.69. The Bertz CT molecular complexity index is 2430. The molecule has 2 amide bonds. The zero-order chi connectivity index (χ0) is 41.8. The summed E-state index contributed by atoms with van der Waals surface area (Å²) in [6.45, 7) is 11.9. The van der Waals surface area contributed by atoms with Crippen LogP contribution >= 0.6 is 0 Å². The Morgan fingerprint density at radius 1 is 1.07 bits per heavy atom. The second kappa shape index (κ2) is 13.4. The SMILES string of the molecule is CC(C)(C)OC(=O)NC(=Nc1ccc2[nH]c3c(c2c1)C[C@@]1(O)[C@@H]2Cc4ccc(O)c5c4[C@@]1(CCN2CC1CC1)[C@H]3O5)N(Cc1ccc([N+](=O)[O-])cc1)C(=O)OC(C)(C)C. The van der Waals surface area contributed by atoms with E-state index in [-0.39, 0.29) is 30.0 Å². The van der Waals surface area contributed by atoms with Gasteiger partial charge in [-0.05, 0) is 121 Å². The highest BCUT2D eigenvalue weighted by Gasteiger charge is 2.73. The first-order valence-electron chi connectivity index (χ1n) is 20.3. The largest absolute Gasteiger partial charge is 0.504 e. The monoisotopic (exact) mass is 806 g/mol. The van der Waals surface area contributed by atoms with Gasteiger partial charge in [-0.15, -0.1) is 0 Å². The van der Waals surface area contributed by atoms with Crippen LogP contribution in [0, 0.1) is 16.0 Å². The fourth-order valence-electron chi connectivity index (χ4n) is 9.80. The number of guanidine groups is 1. The minimum absolute atomic E-state index is 0.0660. The van der Waals surface area contributed by atoms with Crippen LogP contribution in [0.3, 0.4) is 0 Å². The lowest BCUT2D eigenvalue weighted by atomic mass is 9.49. The predicted octanol–water partition coefficient (Wildman–Crippen LogP) is 7.43. The number of carbonyl (C=O) groups excluding carboxylic acids is 2. The molecule has 15 nitrogen and oxygen atoms in total. The minimum atomic E-state index is -1.21. The van der Waals surface area contributed by atoms with Crippen LogP contribution in [-0.2, 0) is 34.3 Å². The number of hydrogen-bond donors (Lipinski definition) is 4. The number of aromatic amines is 1. The fourth-order valence-corrected chi connectivity index (χ4v) is 9.80. The van der Waals surface area contributed by atoms with Crippen molar-refractivity contribution < 1.29 is 38.9 Å². The Morgan fingerprint density at radius 2 is 1.80 bits per heavy atom. The minimum Gasteiger partial charge on any atom is -0.504 e. The van der Waals surface area contributed by atoms with Crippen molar-refractivity contribution in [2.24, 2.45) is 10.9 Å². The first-order chi connectivity index (χ1) is 27.8. The van der Waals surface area contributed by atoms with Crippen LogP contribution in [0.4, 0.5) is 21.0 Å². The molecule has 5 aliphatic rings. The van der Waals surface area contributed by atoms with E-state index in [0.717, 1.165) is 51.3 Å². The maximum Gasteiger partial charge on any atom is 0.417 e. The maximum absolute atomic E-state index is 14.0. The number of nitrogens with one attached hydrogen (secondary N) is 2. The number of rotatable bonds is 6. The van der Waals surface area contributed by atoms with Crippen molar-refractivity contribution in [1.29, 1.82) is 0 Å². The first kappa shape index (κ1) is 38.8. The molecule has 0 radical (unpaired) electrons. The van der Waals surface area contributed by atoms with E-state index >= 15 is 0 Å². The second-order valence-electron chi connectivity index (χ2n) is 18.7. The van der Waals surface area contributed by atoms with E-state index in [9.17, 15) is 29.9 Å². The van der Waals surface area contributed by atoms with E-state index in [1.54, 1.807) is 53.7 Å². The van der Waals surface area contributed by atoms with Gasteiger partial charge in [-0.3, -0.25) is 20.3 Å². The molecule has 1 aromatic heterocycles. The Hall–Kier alpha value is -5.67. The number of ether oxygens (including phenoxy) is 3. The summed E-state index contributed by atoms with van der Waals surface area (Å²) in [6, 6.07) is 14.7. The van der Waals surface area contributed by atoms with Gasteiger partial charge in [-0.1, -0.05) is 18.2 Å². The molecule has 4 atom stereocenters. The molecule has 15 heteroatoms. The lowest BCUT2D eigenvalue weighted by Gasteiger charge is -2.62. The smallest absolute Gasteiger partial charge is 0.417 e. The van der Waals surface area contributed by atoms with Gasteiger partial charge in [0.15, 0.2) is 17.6 Å². The lowest BCUT2D eigenvalue weighted by Crippen LogP contribution is -2.74. The number of phenols is 1. The molecule has 0 unspecified atom stereocenters. The Kier molecular flexibility index (Phi) is 8.84. The molecule has 4 N–H and O–H groups in total. The van der Waals surface area contributed by atoms with Gasteiger partial charge in [0.25, 0.3) is 5.69 Å². The molecule has 3 heterocycles. The average Bonchev–Trinajstić information content (AvgIpc) is 3.79. The number of aliphatic imine (C=N–C) groups is 1. The van der Waals surface area contributed by atoms with Crippen LogP contribution in [0.25, 0.3) is 10.9 Å². The van der Waals surface area contributed by atoms with Crippen LogP contribution in [0.15, 0.2) is 59.6 Å². The lowest BCUT2D eigenvalue weighted by molar-refractivity contribution is -0.384. The Balaban J connectivity index is 1.15. The number of amides is 2. The number of benzene rings is 3. The molecule has 2 fully saturated rings. The van der Waals surface area contributed by atoms with E-state index < -0.39 is 45.4 Å². The molecule has 310 valence electrons. The third-order valence-electron chi connectivity index (χ3n) is 12.3. The zero-order valence-corrected chi connectivity index (χ0v) is 34.1. The average molecular weight is 807 g/mol. The van der Waals surface area contributed by atoms with Gasteiger partial charge in [0.1, 0.15) is 11.2 Å². The van der Waals surface area contributed by atoms with Gasteiger partial charge < -0.3 is 29.4 Å². The van der Waals surface area contributed by atoms with Crippen LogP contribution in [0.2, 0.25) is 0 Å². The number of nitrogens with zero attached hydrogens (tertiary/aromatic N) is 4. The number of aromatic hydroxyl groups is 1. The third-order valence-corrected chi connectivity index (χ3v) is 12.3. The molecular weight excluding hydrogens is 757 g/mol. The van der Waals surface area contributed by atoms with Crippen molar-refractivity contribution >= 4 is 40.4 Å². The van der Waals surface area contributed by atoms with Gasteiger partial charge in [0, 0.05) is 47.6 Å². The third kappa shape index (κ3) is 6.64. The van der Waals surface area contributed by atoms with Crippen molar-refractivity contribution in [3.8, 4) is 11.5 Å². The molecule has 2 aliphatic heterocycles. The van der Waals surface area contributed by atoms with Gasteiger partial charge in [0.05, 0.1) is 33.9 Å². The van der Waals surface area contributed by atoms with Gasteiger partial charge in [0.2, 0.25) is 5.96 Å². The van der Waals surface area contributed by atoms with Crippen LogP contribution in [-0.4, -0.2) is 84.0 Å². The van der Waals surface area contributed by atoms with Gasteiger partial charge in [-0.25, -0.2) is 19.5 Å². The number of non-ortho nitro benzene ring substituents is 1. The summed E-state index contributed by atoms with van der Waals surface area (Å²) in [6.07, 6.45) is 1.81. The number of nitro groups is 1. The summed E-state index contributed by atoms with van der Waals surface area (Å²) < 4.78 is 18.2. The van der Waals surface area contributed by atoms with E-state index in [1.165, 1.54) is 37.1 Å². The van der Waals surface area contributed by atoms with Crippen molar-refractivity contribution in [3.05, 3.63) is 92.7 Å². The molecule has 9 rings (SSSR count). The number of H-pyrrole nitrogens is 1. The molecule has 4 aromatic rings. The highest BCUT2D eigenvalue weighted by molar-refractivity contribution is 6.03. The van der Waals surface area contributed by atoms with E-state index in [1.807, 2.05) is 18.2 Å². The molecule has 1 saturated carbocycles. The summed E-state index contributed by atoms with van der Waals surface area (Å²) in [4.78, 5) is 50.4. The predicted molar refractivity (Wildman–Crippen MR) is 218 cm³/mol. The molecular formula is C44H50N6O9. The Morgan fingerprint density at radius 3 is 2.47 bits per heavy atom. The summed E-state index contributed by atoms with van der Waals surface area (Å²) in [5.74, 6) is 0.960. The molecule has 1 saturated heterocycles. The standard InChI is InChI=1S/C44H50N6O9/c1-41(2,3)58-39(52)47-38(49(40(53)59-42(4,5)6)23-25-9-13-28(14-10-25)50(55)56)45-27-12-15-31-29(20-27)30-21-44(54)33-19-26-11-16-32(51)36-34(26)43(44,37(57-36)35(30)46-31)17-18-48(33)22-24-7-8-24/h9-16,20,24,33,37,46,51,54H,7-8,17-19,21-23H2,1-6H3,(H,45,47,52)/t33-,37-,43-,44+/m0/s1. The molecule has 3 aromatic carbocycles. The maximum atomic E-state index is 14.0. The normalized spacial score (nSPS) is 24.5.